The Morgan fingerprint density at radius 2 is 2.05 bits per heavy atom. The van der Waals surface area contributed by atoms with E-state index in [9.17, 15) is 18.4 Å². The highest BCUT2D eigenvalue weighted by atomic mass is 32.1. The Balaban J connectivity index is 1.99. The summed E-state index contributed by atoms with van der Waals surface area (Å²) in [7, 11) is 0. The minimum atomic E-state index is -1.14. The third-order valence-electron chi connectivity index (χ3n) is 2.60. The fourth-order valence-electron chi connectivity index (χ4n) is 1.49. The van der Waals surface area contributed by atoms with Gasteiger partial charge >= 0.3 is 5.97 Å². The normalized spacial score (nSPS) is 11.8. The highest BCUT2D eigenvalue weighted by Crippen LogP contribution is 2.16. The first-order chi connectivity index (χ1) is 9.97. The molecule has 7 heteroatoms. The van der Waals surface area contributed by atoms with E-state index in [-0.39, 0.29) is 5.69 Å². The molecule has 0 aliphatic carbocycles. The summed E-state index contributed by atoms with van der Waals surface area (Å²) in [5, 5.41) is 5.45. The Kier molecular flexibility index (Phi) is 4.64. The van der Waals surface area contributed by atoms with Crippen molar-refractivity contribution in [2.75, 3.05) is 5.32 Å². The fourth-order valence-corrected chi connectivity index (χ4v) is 2.12. The molecule has 0 unspecified atom stereocenters. The lowest BCUT2D eigenvalue weighted by molar-refractivity contribution is -0.123. The van der Waals surface area contributed by atoms with Crippen molar-refractivity contribution < 1.29 is 23.1 Å². The van der Waals surface area contributed by atoms with Gasteiger partial charge in [-0.05, 0) is 30.5 Å². The molecule has 0 saturated carbocycles. The van der Waals surface area contributed by atoms with E-state index in [4.69, 9.17) is 4.74 Å². The first kappa shape index (κ1) is 15.1. The van der Waals surface area contributed by atoms with Gasteiger partial charge in [0.2, 0.25) is 0 Å². The maximum Gasteiger partial charge on any atom is 0.339 e. The lowest BCUT2D eigenvalue weighted by Gasteiger charge is -2.13. The number of halogens is 2. The molecule has 4 nitrogen and oxygen atoms in total. The first-order valence-corrected chi connectivity index (χ1v) is 6.90. The van der Waals surface area contributed by atoms with Crippen LogP contribution in [0.25, 0.3) is 0 Å². The van der Waals surface area contributed by atoms with Crippen molar-refractivity contribution in [3.63, 3.8) is 0 Å². The van der Waals surface area contributed by atoms with Crippen LogP contribution in [-0.4, -0.2) is 18.0 Å². The standard InChI is InChI=1S/C14H11F2NO3S/c1-8(20-14(19)9-4-5-21-7-9)13(18)17-12-6-10(15)2-3-11(12)16/h2-8H,1H3,(H,17,18)/t8-/m0/s1. The Hall–Kier alpha value is -2.28. The maximum absolute atomic E-state index is 13.4. The third-order valence-corrected chi connectivity index (χ3v) is 3.28. The number of anilines is 1. The summed E-state index contributed by atoms with van der Waals surface area (Å²) in [4.78, 5) is 23.5. The minimum absolute atomic E-state index is 0.307. The minimum Gasteiger partial charge on any atom is -0.449 e. The molecule has 2 aromatic rings. The van der Waals surface area contributed by atoms with Gasteiger partial charge < -0.3 is 10.1 Å². The first-order valence-electron chi connectivity index (χ1n) is 5.96. The second kappa shape index (κ2) is 6.45. The number of nitrogens with one attached hydrogen (secondary N) is 1. The van der Waals surface area contributed by atoms with E-state index in [1.54, 1.807) is 16.8 Å². The second-order valence-corrected chi connectivity index (χ2v) is 4.95. The van der Waals surface area contributed by atoms with E-state index < -0.39 is 29.6 Å². The monoisotopic (exact) mass is 311 g/mol. The summed E-state index contributed by atoms with van der Waals surface area (Å²) >= 11 is 1.32. The molecule has 1 N–H and O–H groups in total. The van der Waals surface area contributed by atoms with Crippen LogP contribution in [0.2, 0.25) is 0 Å². The van der Waals surface area contributed by atoms with Crippen molar-refractivity contribution >= 4 is 28.9 Å². The molecule has 0 saturated heterocycles. The highest BCUT2D eigenvalue weighted by Gasteiger charge is 2.20. The molecule has 1 aromatic carbocycles. The molecule has 1 atom stereocenters. The van der Waals surface area contributed by atoms with Crippen LogP contribution in [0.5, 0.6) is 0 Å². The summed E-state index contributed by atoms with van der Waals surface area (Å²) < 4.78 is 31.3. The van der Waals surface area contributed by atoms with Gasteiger partial charge in [-0.1, -0.05) is 0 Å². The molecule has 0 bridgehead atoms. The van der Waals surface area contributed by atoms with E-state index in [2.05, 4.69) is 5.32 Å². The summed E-state index contributed by atoms with van der Waals surface area (Å²) in [6, 6.07) is 4.24. The van der Waals surface area contributed by atoms with E-state index >= 15 is 0 Å². The molecular weight excluding hydrogens is 300 g/mol. The smallest absolute Gasteiger partial charge is 0.339 e. The van der Waals surface area contributed by atoms with Crippen molar-refractivity contribution in [2.24, 2.45) is 0 Å². The van der Waals surface area contributed by atoms with Crippen LogP contribution in [0.3, 0.4) is 0 Å². The van der Waals surface area contributed by atoms with Gasteiger partial charge in [0.1, 0.15) is 11.6 Å². The molecular formula is C14H11F2NO3S. The average Bonchev–Trinajstić information content (AvgIpc) is 2.97. The fraction of sp³-hybridized carbons (Fsp3) is 0.143. The van der Waals surface area contributed by atoms with E-state index in [1.165, 1.54) is 18.3 Å². The van der Waals surface area contributed by atoms with E-state index in [1.807, 2.05) is 0 Å². The number of carbonyl (C=O) groups excluding carboxylic acids is 2. The van der Waals surface area contributed by atoms with Crippen molar-refractivity contribution in [1.82, 2.24) is 0 Å². The molecule has 1 amide bonds. The van der Waals surface area contributed by atoms with Crippen LogP contribution in [-0.2, 0) is 9.53 Å². The number of ether oxygens (including phenoxy) is 1. The van der Waals surface area contributed by atoms with Crippen molar-refractivity contribution in [3.05, 3.63) is 52.2 Å². The summed E-state index contributed by atoms with van der Waals surface area (Å²) in [5.41, 5.74) is 0.0232. The van der Waals surface area contributed by atoms with Crippen LogP contribution in [0, 0.1) is 11.6 Å². The summed E-state index contributed by atoms with van der Waals surface area (Å²) in [6.07, 6.45) is -1.14. The molecule has 21 heavy (non-hydrogen) atoms. The van der Waals surface area contributed by atoms with Gasteiger partial charge in [-0.2, -0.15) is 11.3 Å². The predicted molar refractivity (Wildman–Crippen MR) is 74.2 cm³/mol. The highest BCUT2D eigenvalue weighted by molar-refractivity contribution is 7.08. The van der Waals surface area contributed by atoms with E-state index in [0.717, 1.165) is 18.2 Å². The number of carbonyl (C=O) groups is 2. The molecule has 1 heterocycles. The molecule has 1 aromatic heterocycles. The number of hydrogen-bond acceptors (Lipinski definition) is 4. The quantitative estimate of drug-likeness (QED) is 0.882. The van der Waals surface area contributed by atoms with Crippen LogP contribution in [0.4, 0.5) is 14.5 Å². The number of esters is 1. The SMILES string of the molecule is C[C@H](OC(=O)c1ccsc1)C(=O)Nc1cc(F)ccc1F. The third kappa shape index (κ3) is 3.85. The number of benzene rings is 1. The predicted octanol–water partition coefficient (Wildman–Crippen LogP) is 3.21. The van der Waals surface area contributed by atoms with Gasteiger partial charge in [-0.3, -0.25) is 4.79 Å². The van der Waals surface area contributed by atoms with Gasteiger partial charge in [0.25, 0.3) is 5.91 Å². The van der Waals surface area contributed by atoms with Crippen LogP contribution in [0.1, 0.15) is 17.3 Å². The average molecular weight is 311 g/mol. The molecule has 0 spiro atoms. The molecule has 0 radical (unpaired) electrons. The lowest BCUT2D eigenvalue weighted by atomic mass is 10.2. The molecule has 110 valence electrons. The van der Waals surface area contributed by atoms with Gasteiger partial charge in [-0.15, -0.1) is 0 Å². The lowest BCUT2D eigenvalue weighted by Crippen LogP contribution is -2.30. The maximum atomic E-state index is 13.4. The summed E-state index contributed by atoms with van der Waals surface area (Å²) in [6.45, 7) is 1.34. The number of amides is 1. The van der Waals surface area contributed by atoms with Crippen LogP contribution >= 0.6 is 11.3 Å². The second-order valence-electron chi connectivity index (χ2n) is 4.17. The zero-order valence-corrected chi connectivity index (χ0v) is 11.7. The van der Waals surface area contributed by atoms with Crippen molar-refractivity contribution in [3.8, 4) is 0 Å². The number of rotatable bonds is 4. The summed E-state index contributed by atoms with van der Waals surface area (Å²) in [5.74, 6) is -2.86. The van der Waals surface area contributed by atoms with Gasteiger partial charge in [0, 0.05) is 11.4 Å². The zero-order valence-electron chi connectivity index (χ0n) is 10.9. The molecule has 0 aliphatic heterocycles. The van der Waals surface area contributed by atoms with E-state index in [0.29, 0.717) is 5.56 Å². The topological polar surface area (TPSA) is 55.4 Å². The van der Waals surface area contributed by atoms with Crippen molar-refractivity contribution in [2.45, 2.75) is 13.0 Å². The van der Waals surface area contributed by atoms with Gasteiger partial charge in [-0.25, -0.2) is 13.6 Å². The Morgan fingerprint density at radius 1 is 1.29 bits per heavy atom. The van der Waals surface area contributed by atoms with Gasteiger partial charge in [0.15, 0.2) is 6.10 Å². The Bertz CT molecular complexity index is 658. The van der Waals surface area contributed by atoms with Crippen LogP contribution in [0.15, 0.2) is 35.0 Å². The largest absolute Gasteiger partial charge is 0.449 e. The Morgan fingerprint density at radius 3 is 2.71 bits per heavy atom. The Labute approximate surface area is 123 Å². The molecule has 0 aliphatic rings. The number of thiophene rings is 1. The van der Waals surface area contributed by atoms with Gasteiger partial charge in [0.05, 0.1) is 11.3 Å². The van der Waals surface area contributed by atoms with Crippen molar-refractivity contribution in [1.29, 1.82) is 0 Å². The molecule has 0 fully saturated rings. The molecule has 2 rings (SSSR count). The number of hydrogen-bond donors (Lipinski definition) is 1. The zero-order chi connectivity index (χ0) is 15.4. The van der Waals surface area contributed by atoms with Crippen LogP contribution < -0.4 is 5.32 Å².